The second-order valence-corrected chi connectivity index (χ2v) is 7.09. The summed E-state index contributed by atoms with van der Waals surface area (Å²) in [6.07, 6.45) is 8.14. The third-order valence-electron chi connectivity index (χ3n) is 5.13. The molecule has 1 aliphatic carbocycles. The molecule has 1 saturated carbocycles. The number of nitrogens with one attached hydrogen (secondary N) is 1. The second kappa shape index (κ2) is 10.7. The smallest absolute Gasteiger partial charge is 0.161 e. The Morgan fingerprint density at radius 3 is 2.33 bits per heavy atom. The number of methoxy groups -OCH3 is 1. The first-order valence-electron chi connectivity index (χ1n) is 10.1. The zero-order valence-electron chi connectivity index (χ0n) is 16.3. The van der Waals surface area contributed by atoms with Crippen LogP contribution in [0, 0.1) is 5.92 Å². The Morgan fingerprint density at radius 1 is 0.852 bits per heavy atom. The van der Waals surface area contributed by atoms with E-state index in [0.717, 1.165) is 42.0 Å². The van der Waals surface area contributed by atoms with Crippen molar-refractivity contribution in [1.82, 2.24) is 0 Å². The standard InChI is InChI=1S/C23H31NO3/c1-25-22-9-5-6-10-23(22)27-18-16-24-20-11-13-21(14-12-20)26-17-15-19-7-3-2-4-8-19/h5-6,9-14,19,24H,2-4,7-8,15-18H2,1H3. The van der Waals surface area contributed by atoms with Gasteiger partial charge in [0, 0.05) is 12.2 Å². The van der Waals surface area contributed by atoms with E-state index in [2.05, 4.69) is 17.4 Å². The maximum Gasteiger partial charge on any atom is 0.161 e. The van der Waals surface area contributed by atoms with Crippen molar-refractivity contribution < 1.29 is 14.2 Å². The van der Waals surface area contributed by atoms with E-state index in [1.165, 1.54) is 38.5 Å². The summed E-state index contributed by atoms with van der Waals surface area (Å²) in [5.74, 6) is 3.33. The molecule has 0 unspecified atom stereocenters. The molecule has 2 aromatic rings. The molecule has 27 heavy (non-hydrogen) atoms. The average Bonchev–Trinajstić information content (AvgIpc) is 2.73. The van der Waals surface area contributed by atoms with Crippen molar-refractivity contribution in [3.05, 3.63) is 48.5 Å². The Labute approximate surface area is 162 Å². The highest BCUT2D eigenvalue weighted by Gasteiger charge is 2.13. The molecule has 0 radical (unpaired) electrons. The number of anilines is 1. The van der Waals surface area contributed by atoms with Gasteiger partial charge in [-0.05, 0) is 48.7 Å². The lowest BCUT2D eigenvalue weighted by molar-refractivity contribution is 0.246. The predicted molar refractivity (Wildman–Crippen MR) is 110 cm³/mol. The first-order valence-corrected chi connectivity index (χ1v) is 10.1. The summed E-state index contributed by atoms with van der Waals surface area (Å²) in [5.41, 5.74) is 1.07. The van der Waals surface area contributed by atoms with Crippen LogP contribution < -0.4 is 19.5 Å². The second-order valence-electron chi connectivity index (χ2n) is 7.09. The molecule has 4 nitrogen and oxygen atoms in total. The SMILES string of the molecule is COc1ccccc1OCCNc1ccc(OCCC2CCCCC2)cc1. The van der Waals surface area contributed by atoms with E-state index < -0.39 is 0 Å². The molecule has 4 heteroatoms. The molecule has 0 amide bonds. The number of hydrogen-bond acceptors (Lipinski definition) is 4. The highest BCUT2D eigenvalue weighted by Crippen LogP contribution is 2.27. The van der Waals surface area contributed by atoms with Gasteiger partial charge in [-0.15, -0.1) is 0 Å². The fourth-order valence-corrected chi connectivity index (χ4v) is 3.58. The van der Waals surface area contributed by atoms with Crippen LogP contribution >= 0.6 is 0 Å². The summed E-state index contributed by atoms with van der Waals surface area (Å²) in [6.45, 7) is 2.12. The predicted octanol–water partition coefficient (Wildman–Crippen LogP) is 5.54. The first kappa shape index (κ1) is 19.4. The van der Waals surface area contributed by atoms with Gasteiger partial charge in [-0.2, -0.15) is 0 Å². The molecule has 3 rings (SSSR count). The highest BCUT2D eigenvalue weighted by molar-refractivity contribution is 5.46. The molecule has 0 atom stereocenters. The quantitative estimate of drug-likeness (QED) is 0.559. The van der Waals surface area contributed by atoms with Crippen LogP contribution in [0.1, 0.15) is 38.5 Å². The maximum atomic E-state index is 5.91. The van der Waals surface area contributed by atoms with Gasteiger partial charge in [-0.25, -0.2) is 0 Å². The number of benzene rings is 2. The Hall–Kier alpha value is -2.36. The van der Waals surface area contributed by atoms with Crippen molar-refractivity contribution in [3.8, 4) is 17.2 Å². The van der Waals surface area contributed by atoms with E-state index in [-0.39, 0.29) is 0 Å². The molecule has 0 bridgehead atoms. The molecule has 1 N–H and O–H groups in total. The third kappa shape index (κ3) is 6.38. The largest absolute Gasteiger partial charge is 0.494 e. The Balaban J connectivity index is 1.34. The van der Waals surface area contributed by atoms with E-state index in [4.69, 9.17) is 14.2 Å². The zero-order chi connectivity index (χ0) is 18.7. The van der Waals surface area contributed by atoms with Crippen molar-refractivity contribution in [2.45, 2.75) is 38.5 Å². The summed E-state index contributed by atoms with van der Waals surface area (Å²) in [5, 5.41) is 3.37. The average molecular weight is 370 g/mol. The highest BCUT2D eigenvalue weighted by atomic mass is 16.5. The van der Waals surface area contributed by atoms with Crippen LogP contribution in [0.25, 0.3) is 0 Å². The van der Waals surface area contributed by atoms with Gasteiger partial charge >= 0.3 is 0 Å². The molecule has 0 spiro atoms. The molecular formula is C23H31NO3. The molecule has 0 aliphatic heterocycles. The van der Waals surface area contributed by atoms with Crippen molar-refractivity contribution in [2.75, 3.05) is 32.2 Å². The van der Waals surface area contributed by atoms with Gasteiger partial charge in [0.25, 0.3) is 0 Å². The third-order valence-corrected chi connectivity index (χ3v) is 5.13. The number of para-hydroxylation sites is 2. The number of hydrogen-bond donors (Lipinski definition) is 1. The van der Waals surface area contributed by atoms with Gasteiger partial charge in [0.2, 0.25) is 0 Å². The van der Waals surface area contributed by atoms with Gasteiger partial charge < -0.3 is 19.5 Å². The summed E-state index contributed by atoms with van der Waals surface area (Å²) in [4.78, 5) is 0. The monoisotopic (exact) mass is 369 g/mol. The van der Waals surface area contributed by atoms with Gasteiger partial charge in [0.15, 0.2) is 11.5 Å². The van der Waals surface area contributed by atoms with Crippen molar-refractivity contribution >= 4 is 5.69 Å². The lowest BCUT2D eigenvalue weighted by Gasteiger charge is -2.21. The van der Waals surface area contributed by atoms with Crippen LogP contribution in [-0.2, 0) is 0 Å². The Kier molecular flexibility index (Phi) is 7.69. The summed E-state index contributed by atoms with van der Waals surface area (Å²) >= 11 is 0. The van der Waals surface area contributed by atoms with Crippen molar-refractivity contribution in [3.63, 3.8) is 0 Å². The lowest BCUT2D eigenvalue weighted by Crippen LogP contribution is -2.12. The van der Waals surface area contributed by atoms with Crippen LogP contribution in [-0.4, -0.2) is 26.9 Å². The summed E-state index contributed by atoms with van der Waals surface area (Å²) < 4.78 is 17.0. The fourth-order valence-electron chi connectivity index (χ4n) is 3.58. The van der Waals surface area contributed by atoms with Gasteiger partial charge in [-0.1, -0.05) is 44.2 Å². The minimum atomic E-state index is 0.569. The van der Waals surface area contributed by atoms with Crippen LogP contribution in [0.15, 0.2) is 48.5 Å². The topological polar surface area (TPSA) is 39.7 Å². The van der Waals surface area contributed by atoms with Crippen LogP contribution in [0.4, 0.5) is 5.69 Å². The number of ether oxygens (including phenoxy) is 3. The molecule has 0 heterocycles. The normalized spacial score (nSPS) is 14.6. The van der Waals surface area contributed by atoms with E-state index in [1.807, 2.05) is 36.4 Å². The Bertz CT molecular complexity index is 666. The molecule has 1 aliphatic rings. The lowest BCUT2D eigenvalue weighted by atomic mass is 9.87. The summed E-state index contributed by atoms with van der Waals surface area (Å²) in [6, 6.07) is 15.9. The Morgan fingerprint density at radius 2 is 1.59 bits per heavy atom. The molecular weight excluding hydrogens is 338 g/mol. The molecule has 2 aromatic carbocycles. The fraction of sp³-hybridized carbons (Fsp3) is 0.478. The van der Waals surface area contributed by atoms with E-state index in [0.29, 0.717) is 6.61 Å². The van der Waals surface area contributed by atoms with Crippen LogP contribution in [0.3, 0.4) is 0 Å². The first-order chi connectivity index (χ1) is 13.3. The van der Waals surface area contributed by atoms with E-state index in [9.17, 15) is 0 Å². The van der Waals surface area contributed by atoms with Crippen molar-refractivity contribution in [2.24, 2.45) is 5.92 Å². The van der Waals surface area contributed by atoms with Crippen LogP contribution in [0.5, 0.6) is 17.2 Å². The van der Waals surface area contributed by atoms with Crippen molar-refractivity contribution in [1.29, 1.82) is 0 Å². The van der Waals surface area contributed by atoms with Crippen LogP contribution in [0.2, 0.25) is 0 Å². The molecule has 0 aromatic heterocycles. The number of rotatable bonds is 10. The van der Waals surface area contributed by atoms with Gasteiger partial charge in [0.1, 0.15) is 12.4 Å². The maximum absolute atomic E-state index is 5.91. The molecule has 146 valence electrons. The molecule has 1 fully saturated rings. The zero-order valence-corrected chi connectivity index (χ0v) is 16.3. The minimum absolute atomic E-state index is 0.569. The van der Waals surface area contributed by atoms with Gasteiger partial charge in [0.05, 0.1) is 13.7 Å². The van der Waals surface area contributed by atoms with E-state index in [1.54, 1.807) is 7.11 Å². The molecule has 0 saturated heterocycles. The van der Waals surface area contributed by atoms with E-state index >= 15 is 0 Å². The minimum Gasteiger partial charge on any atom is -0.494 e. The van der Waals surface area contributed by atoms with Gasteiger partial charge in [-0.3, -0.25) is 0 Å². The summed E-state index contributed by atoms with van der Waals surface area (Å²) in [7, 11) is 1.65.